The van der Waals surface area contributed by atoms with E-state index in [1.165, 1.54) is 4.90 Å². The average molecular weight is 469 g/mol. The predicted molar refractivity (Wildman–Crippen MR) is 122 cm³/mol. The molecule has 0 aromatic heterocycles. The first-order valence-corrected chi connectivity index (χ1v) is 10.7. The van der Waals surface area contributed by atoms with Crippen molar-refractivity contribution in [2.75, 3.05) is 85.6 Å². The van der Waals surface area contributed by atoms with Crippen molar-refractivity contribution in [2.24, 2.45) is 5.73 Å². The molecule has 11 heteroatoms. The van der Waals surface area contributed by atoms with Crippen LogP contribution in [0, 0.1) is 24.7 Å². The molecule has 33 heavy (non-hydrogen) atoms. The summed E-state index contributed by atoms with van der Waals surface area (Å²) < 4.78 is 21.0. The third kappa shape index (κ3) is 19.7. The molecule has 0 aromatic carbocycles. The van der Waals surface area contributed by atoms with Gasteiger partial charge < -0.3 is 40.2 Å². The maximum absolute atomic E-state index is 12.0. The Bertz CT molecular complexity index is 585. The van der Waals surface area contributed by atoms with E-state index in [-0.39, 0.29) is 76.7 Å². The first-order chi connectivity index (χ1) is 16.0. The van der Waals surface area contributed by atoms with Crippen molar-refractivity contribution in [3.05, 3.63) is 0 Å². The number of hydrogen-bond acceptors (Lipinski definition) is 8. The van der Waals surface area contributed by atoms with Gasteiger partial charge in [-0.05, 0) is 0 Å². The van der Waals surface area contributed by atoms with Crippen LogP contribution in [0.15, 0.2) is 0 Å². The zero-order chi connectivity index (χ0) is 24.6. The third-order valence-electron chi connectivity index (χ3n) is 3.99. The number of carbonyl (C=O) groups is 3. The van der Waals surface area contributed by atoms with Crippen LogP contribution in [-0.4, -0.2) is 108 Å². The normalized spacial score (nSPS) is 10.2. The second-order valence-corrected chi connectivity index (χ2v) is 6.52. The summed E-state index contributed by atoms with van der Waals surface area (Å²) in [6.07, 6.45) is 10.5. The summed E-state index contributed by atoms with van der Waals surface area (Å²) in [5.41, 5.74) is 5.45. The zero-order valence-electron chi connectivity index (χ0n) is 19.1. The molecular weight excluding hydrogens is 432 g/mol. The van der Waals surface area contributed by atoms with Crippen LogP contribution in [0.2, 0.25) is 0 Å². The van der Waals surface area contributed by atoms with Crippen LogP contribution in [0.1, 0.15) is 12.8 Å². The SMILES string of the molecule is C#CCOCCNC(=O)CCOCCN(CCOCCC(=O)NCCOCC#C)C(=O)CN. The van der Waals surface area contributed by atoms with Crippen LogP contribution in [0.4, 0.5) is 0 Å². The molecular formula is C22H36N4O7. The maximum Gasteiger partial charge on any atom is 0.236 e. The van der Waals surface area contributed by atoms with Gasteiger partial charge in [0.25, 0.3) is 0 Å². The molecule has 186 valence electrons. The first kappa shape index (κ1) is 30.3. The molecule has 0 aromatic rings. The highest BCUT2D eigenvalue weighted by atomic mass is 16.5. The summed E-state index contributed by atoms with van der Waals surface area (Å²) in [5.74, 6) is 4.11. The van der Waals surface area contributed by atoms with Gasteiger partial charge in [0.15, 0.2) is 0 Å². The monoisotopic (exact) mass is 468 g/mol. The zero-order valence-corrected chi connectivity index (χ0v) is 19.1. The lowest BCUT2D eigenvalue weighted by atomic mass is 10.4. The molecule has 0 bridgehead atoms. The van der Waals surface area contributed by atoms with Crippen molar-refractivity contribution in [3.63, 3.8) is 0 Å². The number of hydrogen-bond donors (Lipinski definition) is 3. The van der Waals surface area contributed by atoms with Gasteiger partial charge in [0.1, 0.15) is 13.2 Å². The number of rotatable bonds is 21. The Morgan fingerprint density at radius 3 is 1.58 bits per heavy atom. The van der Waals surface area contributed by atoms with Crippen LogP contribution in [0.25, 0.3) is 0 Å². The van der Waals surface area contributed by atoms with Crippen molar-refractivity contribution in [1.29, 1.82) is 0 Å². The molecule has 11 nitrogen and oxygen atoms in total. The fourth-order valence-electron chi connectivity index (χ4n) is 2.34. The summed E-state index contributed by atoms with van der Waals surface area (Å²) in [4.78, 5) is 36.8. The highest BCUT2D eigenvalue weighted by Crippen LogP contribution is 1.93. The number of nitrogens with zero attached hydrogens (tertiary/aromatic N) is 1. The number of carbonyl (C=O) groups excluding carboxylic acids is 3. The lowest BCUT2D eigenvalue weighted by molar-refractivity contribution is -0.132. The molecule has 0 radical (unpaired) electrons. The molecule has 0 aliphatic carbocycles. The van der Waals surface area contributed by atoms with Gasteiger partial charge in [0.05, 0.1) is 46.2 Å². The lowest BCUT2D eigenvalue weighted by Crippen LogP contribution is -2.40. The number of nitrogens with two attached hydrogens (primary N) is 1. The molecule has 0 unspecified atom stereocenters. The standard InChI is InChI=1S/C22H36N4O7/c1-3-11-30-15-7-24-20(27)5-13-32-17-9-26(22(29)19-23)10-18-33-14-6-21(28)25-8-16-31-12-4-2/h1-2H,5-19,23H2,(H,24,27)(H,25,28). The Morgan fingerprint density at radius 2 is 1.18 bits per heavy atom. The van der Waals surface area contributed by atoms with Crippen LogP contribution in [0.3, 0.4) is 0 Å². The number of nitrogens with one attached hydrogen (secondary N) is 2. The van der Waals surface area contributed by atoms with E-state index in [2.05, 4.69) is 22.5 Å². The van der Waals surface area contributed by atoms with Gasteiger partial charge >= 0.3 is 0 Å². The summed E-state index contributed by atoms with van der Waals surface area (Å²) in [5, 5.41) is 5.37. The van der Waals surface area contributed by atoms with E-state index in [1.54, 1.807) is 0 Å². The van der Waals surface area contributed by atoms with E-state index in [0.29, 0.717) is 39.4 Å². The minimum atomic E-state index is -0.239. The van der Waals surface area contributed by atoms with Crippen LogP contribution in [-0.2, 0) is 33.3 Å². The number of amides is 3. The average Bonchev–Trinajstić information content (AvgIpc) is 2.81. The Morgan fingerprint density at radius 1 is 0.727 bits per heavy atom. The van der Waals surface area contributed by atoms with Gasteiger partial charge in [0, 0.05) is 39.0 Å². The topological polar surface area (TPSA) is 141 Å². The van der Waals surface area contributed by atoms with E-state index in [4.69, 9.17) is 37.5 Å². The lowest BCUT2D eigenvalue weighted by Gasteiger charge is -2.22. The van der Waals surface area contributed by atoms with E-state index in [0.717, 1.165) is 0 Å². The van der Waals surface area contributed by atoms with Gasteiger partial charge in [-0.2, -0.15) is 0 Å². The first-order valence-electron chi connectivity index (χ1n) is 10.7. The minimum absolute atomic E-state index is 0.131. The van der Waals surface area contributed by atoms with Crippen molar-refractivity contribution in [2.45, 2.75) is 12.8 Å². The molecule has 0 aliphatic rings. The molecule has 0 heterocycles. The van der Waals surface area contributed by atoms with E-state index < -0.39 is 0 Å². The summed E-state index contributed by atoms with van der Waals surface area (Å²) >= 11 is 0. The van der Waals surface area contributed by atoms with Gasteiger partial charge in [-0.15, -0.1) is 12.8 Å². The minimum Gasteiger partial charge on any atom is -0.379 e. The predicted octanol–water partition coefficient (Wildman–Crippen LogP) is -1.88. The van der Waals surface area contributed by atoms with Gasteiger partial charge in [-0.1, -0.05) is 11.8 Å². The van der Waals surface area contributed by atoms with Crippen molar-refractivity contribution >= 4 is 17.7 Å². The summed E-state index contributed by atoms with van der Waals surface area (Å²) in [6.45, 7) is 3.34. The third-order valence-corrected chi connectivity index (χ3v) is 3.99. The van der Waals surface area contributed by atoms with Crippen molar-refractivity contribution in [3.8, 4) is 24.7 Å². The highest BCUT2D eigenvalue weighted by molar-refractivity contribution is 5.78. The second-order valence-electron chi connectivity index (χ2n) is 6.52. The Kier molecular flexibility index (Phi) is 20.7. The van der Waals surface area contributed by atoms with Crippen LogP contribution in [0.5, 0.6) is 0 Å². The van der Waals surface area contributed by atoms with E-state index in [1.807, 2.05) is 0 Å². The largest absolute Gasteiger partial charge is 0.379 e. The quantitative estimate of drug-likeness (QED) is 0.131. The Hall–Kier alpha value is -2.67. The van der Waals surface area contributed by atoms with Gasteiger partial charge in [-0.3, -0.25) is 14.4 Å². The second kappa shape index (κ2) is 22.5. The summed E-state index contributed by atoms with van der Waals surface area (Å²) in [7, 11) is 0. The molecule has 4 N–H and O–H groups in total. The van der Waals surface area contributed by atoms with Crippen molar-refractivity contribution in [1.82, 2.24) is 15.5 Å². The van der Waals surface area contributed by atoms with E-state index in [9.17, 15) is 14.4 Å². The Balaban J connectivity index is 3.84. The van der Waals surface area contributed by atoms with Crippen LogP contribution >= 0.6 is 0 Å². The highest BCUT2D eigenvalue weighted by Gasteiger charge is 2.12. The molecule has 0 spiro atoms. The van der Waals surface area contributed by atoms with Gasteiger partial charge in [0.2, 0.25) is 17.7 Å². The molecule has 3 amide bonds. The fraction of sp³-hybridized carbons (Fsp3) is 0.682. The fourth-order valence-corrected chi connectivity index (χ4v) is 2.34. The molecule has 0 saturated carbocycles. The number of ether oxygens (including phenoxy) is 4. The molecule has 0 rings (SSSR count). The molecule has 0 atom stereocenters. The van der Waals surface area contributed by atoms with Crippen molar-refractivity contribution < 1.29 is 33.3 Å². The molecule has 0 saturated heterocycles. The molecule has 0 aliphatic heterocycles. The molecule has 0 fully saturated rings. The van der Waals surface area contributed by atoms with Crippen LogP contribution < -0.4 is 16.4 Å². The summed E-state index contributed by atoms with van der Waals surface area (Å²) in [6, 6.07) is 0. The maximum atomic E-state index is 12.0. The number of terminal acetylenes is 2. The Labute approximate surface area is 196 Å². The van der Waals surface area contributed by atoms with E-state index >= 15 is 0 Å². The van der Waals surface area contributed by atoms with Gasteiger partial charge in [-0.25, -0.2) is 0 Å². The smallest absolute Gasteiger partial charge is 0.236 e.